The lowest BCUT2D eigenvalue weighted by molar-refractivity contribution is 0.102. The van der Waals surface area contributed by atoms with E-state index in [2.05, 4.69) is 36.2 Å². The van der Waals surface area contributed by atoms with Crippen LogP contribution < -0.4 is 5.32 Å². The van der Waals surface area contributed by atoms with E-state index in [0.29, 0.717) is 16.4 Å². The number of fused-ring (bicyclic) bond motifs is 1. The minimum atomic E-state index is -0.311. The number of benzene rings is 2. The normalized spacial score (nSPS) is 10.8. The Bertz CT molecular complexity index is 1090. The Morgan fingerprint density at radius 2 is 1.92 bits per heavy atom. The van der Waals surface area contributed by atoms with Gasteiger partial charge >= 0.3 is 0 Å². The smallest absolute Gasteiger partial charge is 0.276 e. The van der Waals surface area contributed by atoms with Crippen LogP contribution in [0.5, 0.6) is 0 Å². The van der Waals surface area contributed by atoms with E-state index < -0.39 is 0 Å². The van der Waals surface area contributed by atoms with Crippen LogP contribution >= 0.6 is 27.3 Å². The predicted molar refractivity (Wildman–Crippen MR) is 107 cm³/mol. The second-order valence-electron chi connectivity index (χ2n) is 5.66. The van der Waals surface area contributed by atoms with E-state index in [1.54, 1.807) is 6.20 Å². The standard InChI is InChI=1S/C19H13BrN4OS/c1-11-10-12(6-7-13(11)20)23-18(25)16-17(22-9-8-21-16)19-24-14-4-2-3-5-15(14)26-19/h2-10H,1H3,(H,23,25). The lowest BCUT2D eigenvalue weighted by atomic mass is 10.2. The summed E-state index contributed by atoms with van der Waals surface area (Å²) in [5.41, 5.74) is 3.37. The van der Waals surface area contributed by atoms with Crippen LogP contribution in [0.1, 0.15) is 16.1 Å². The number of nitrogens with zero attached hydrogens (tertiary/aromatic N) is 3. The molecule has 5 nitrogen and oxygen atoms in total. The zero-order valence-electron chi connectivity index (χ0n) is 13.7. The van der Waals surface area contributed by atoms with Crippen molar-refractivity contribution in [1.29, 1.82) is 0 Å². The molecule has 0 spiro atoms. The van der Waals surface area contributed by atoms with Gasteiger partial charge in [0.2, 0.25) is 0 Å². The van der Waals surface area contributed by atoms with Crippen molar-refractivity contribution in [3.63, 3.8) is 0 Å². The number of hydrogen-bond donors (Lipinski definition) is 1. The third-order valence-corrected chi connectivity index (χ3v) is 5.76. The number of carbonyl (C=O) groups is 1. The minimum absolute atomic E-state index is 0.257. The lowest BCUT2D eigenvalue weighted by Crippen LogP contribution is -2.15. The first-order valence-corrected chi connectivity index (χ1v) is 9.47. The molecule has 128 valence electrons. The summed E-state index contributed by atoms with van der Waals surface area (Å²) in [6.45, 7) is 1.97. The molecule has 0 fully saturated rings. The van der Waals surface area contributed by atoms with Crippen molar-refractivity contribution < 1.29 is 4.79 Å². The lowest BCUT2D eigenvalue weighted by Gasteiger charge is -2.08. The van der Waals surface area contributed by atoms with Crippen LogP contribution in [0.2, 0.25) is 0 Å². The summed E-state index contributed by atoms with van der Waals surface area (Å²) in [5, 5.41) is 3.56. The number of aromatic nitrogens is 3. The van der Waals surface area contributed by atoms with Gasteiger partial charge in [-0.25, -0.2) is 15.0 Å². The first-order valence-electron chi connectivity index (χ1n) is 7.86. The fourth-order valence-corrected chi connectivity index (χ4v) is 3.76. The highest BCUT2D eigenvalue weighted by molar-refractivity contribution is 9.10. The molecule has 0 atom stereocenters. The van der Waals surface area contributed by atoms with Crippen LogP contribution in [0.15, 0.2) is 59.3 Å². The zero-order chi connectivity index (χ0) is 18.1. The monoisotopic (exact) mass is 424 g/mol. The predicted octanol–water partition coefficient (Wildman–Crippen LogP) is 5.08. The molecule has 4 rings (SSSR count). The Morgan fingerprint density at radius 1 is 1.12 bits per heavy atom. The highest BCUT2D eigenvalue weighted by atomic mass is 79.9. The Morgan fingerprint density at radius 3 is 2.73 bits per heavy atom. The molecule has 4 aromatic rings. The van der Waals surface area contributed by atoms with Gasteiger partial charge in [-0.05, 0) is 42.8 Å². The van der Waals surface area contributed by atoms with Crippen molar-refractivity contribution in [3.05, 3.63) is 70.6 Å². The molecule has 2 aromatic heterocycles. The maximum Gasteiger partial charge on any atom is 0.276 e. The maximum atomic E-state index is 12.8. The van der Waals surface area contributed by atoms with E-state index in [0.717, 1.165) is 20.3 Å². The molecule has 1 N–H and O–H groups in total. The molecule has 0 saturated heterocycles. The van der Waals surface area contributed by atoms with E-state index in [1.807, 2.05) is 49.4 Å². The number of carbonyl (C=O) groups excluding carboxylic acids is 1. The third kappa shape index (κ3) is 3.23. The van der Waals surface area contributed by atoms with Crippen LogP contribution in [-0.4, -0.2) is 20.9 Å². The van der Waals surface area contributed by atoms with Crippen molar-refractivity contribution in [1.82, 2.24) is 15.0 Å². The average molecular weight is 425 g/mol. The Hall–Kier alpha value is -2.64. The minimum Gasteiger partial charge on any atom is -0.321 e. The van der Waals surface area contributed by atoms with Gasteiger partial charge in [0.15, 0.2) is 5.69 Å². The summed E-state index contributed by atoms with van der Waals surface area (Å²) in [6.07, 6.45) is 3.08. The van der Waals surface area contributed by atoms with E-state index in [-0.39, 0.29) is 11.6 Å². The first kappa shape index (κ1) is 16.8. The molecule has 0 radical (unpaired) electrons. The molecule has 0 aliphatic heterocycles. The summed E-state index contributed by atoms with van der Waals surface area (Å²) >= 11 is 4.95. The van der Waals surface area contributed by atoms with E-state index in [9.17, 15) is 4.79 Å². The number of rotatable bonds is 3. The number of amides is 1. The number of para-hydroxylation sites is 1. The SMILES string of the molecule is Cc1cc(NC(=O)c2nccnc2-c2nc3ccccc3s2)ccc1Br. The highest BCUT2D eigenvalue weighted by Crippen LogP contribution is 2.30. The van der Waals surface area contributed by atoms with E-state index in [4.69, 9.17) is 0 Å². The van der Waals surface area contributed by atoms with Crippen LogP contribution in [0.3, 0.4) is 0 Å². The molecule has 0 saturated carbocycles. The van der Waals surface area contributed by atoms with Crippen LogP contribution in [0, 0.1) is 6.92 Å². The molecule has 1 amide bonds. The van der Waals surface area contributed by atoms with Gasteiger partial charge < -0.3 is 5.32 Å². The maximum absolute atomic E-state index is 12.8. The Kier molecular flexibility index (Phi) is 4.48. The molecule has 7 heteroatoms. The Labute approximate surface area is 162 Å². The number of hydrogen-bond acceptors (Lipinski definition) is 5. The van der Waals surface area contributed by atoms with Crippen molar-refractivity contribution in [3.8, 4) is 10.7 Å². The first-order chi connectivity index (χ1) is 12.6. The zero-order valence-corrected chi connectivity index (χ0v) is 16.1. The van der Waals surface area contributed by atoms with Gasteiger partial charge in [-0.1, -0.05) is 28.1 Å². The van der Waals surface area contributed by atoms with Gasteiger partial charge in [0, 0.05) is 22.6 Å². The molecule has 0 bridgehead atoms. The number of thiazole rings is 1. The van der Waals surface area contributed by atoms with Crippen molar-refractivity contribution in [2.24, 2.45) is 0 Å². The van der Waals surface area contributed by atoms with Gasteiger partial charge in [-0.3, -0.25) is 4.79 Å². The number of nitrogens with one attached hydrogen (secondary N) is 1. The molecule has 0 unspecified atom stereocenters. The summed E-state index contributed by atoms with van der Waals surface area (Å²) in [4.78, 5) is 26.0. The second kappa shape index (κ2) is 6.93. The van der Waals surface area contributed by atoms with Gasteiger partial charge in [0.25, 0.3) is 5.91 Å². The molecule has 2 aromatic carbocycles. The summed E-state index contributed by atoms with van der Waals surface area (Å²) in [5.74, 6) is -0.311. The molecule has 0 aliphatic carbocycles. The fraction of sp³-hybridized carbons (Fsp3) is 0.0526. The highest BCUT2D eigenvalue weighted by Gasteiger charge is 2.19. The van der Waals surface area contributed by atoms with Crippen LogP contribution in [0.4, 0.5) is 5.69 Å². The molecule has 26 heavy (non-hydrogen) atoms. The van der Waals surface area contributed by atoms with Gasteiger partial charge in [-0.15, -0.1) is 11.3 Å². The summed E-state index contributed by atoms with van der Waals surface area (Å²) in [6, 6.07) is 13.5. The van der Waals surface area contributed by atoms with Gasteiger partial charge in [0.05, 0.1) is 10.2 Å². The molecule has 2 heterocycles. The number of aryl methyl sites for hydroxylation is 1. The Balaban J connectivity index is 1.70. The second-order valence-corrected chi connectivity index (χ2v) is 7.54. The average Bonchev–Trinajstić information content (AvgIpc) is 3.09. The van der Waals surface area contributed by atoms with Crippen LogP contribution in [-0.2, 0) is 0 Å². The molecular weight excluding hydrogens is 412 g/mol. The van der Waals surface area contributed by atoms with Gasteiger partial charge in [-0.2, -0.15) is 0 Å². The van der Waals surface area contributed by atoms with Crippen molar-refractivity contribution in [2.75, 3.05) is 5.32 Å². The van der Waals surface area contributed by atoms with Crippen LogP contribution in [0.25, 0.3) is 20.9 Å². The largest absolute Gasteiger partial charge is 0.321 e. The third-order valence-electron chi connectivity index (χ3n) is 3.83. The summed E-state index contributed by atoms with van der Waals surface area (Å²) < 4.78 is 2.04. The summed E-state index contributed by atoms with van der Waals surface area (Å²) in [7, 11) is 0. The van der Waals surface area contributed by atoms with Crippen molar-refractivity contribution in [2.45, 2.75) is 6.92 Å². The fourth-order valence-electron chi connectivity index (χ4n) is 2.55. The van der Waals surface area contributed by atoms with Gasteiger partial charge in [0.1, 0.15) is 10.7 Å². The van der Waals surface area contributed by atoms with E-state index >= 15 is 0 Å². The number of halogens is 1. The number of anilines is 1. The quantitative estimate of drug-likeness (QED) is 0.497. The van der Waals surface area contributed by atoms with E-state index in [1.165, 1.54) is 17.5 Å². The molecular formula is C19H13BrN4OS. The van der Waals surface area contributed by atoms with Crippen molar-refractivity contribution >= 4 is 49.1 Å². The molecule has 0 aliphatic rings. The topological polar surface area (TPSA) is 67.8 Å².